The maximum absolute atomic E-state index is 9.62. The summed E-state index contributed by atoms with van der Waals surface area (Å²) in [5.41, 5.74) is 2.88. The predicted octanol–water partition coefficient (Wildman–Crippen LogP) is 3.37. The highest BCUT2D eigenvalue weighted by atomic mass is 16.5. The second kappa shape index (κ2) is 6.39. The number of anilines is 1. The Morgan fingerprint density at radius 3 is 2.65 bits per heavy atom. The molecule has 6 nitrogen and oxygen atoms in total. The Morgan fingerprint density at radius 2 is 1.91 bits per heavy atom. The molecule has 0 amide bonds. The first-order valence-corrected chi connectivity index (χ1v) is 7.16. The summed E-state index contributed by atoms with van der Waals surface area (Å²) in [6.45, 7) is 2.48. The van der Waals surface area contributed by atoms with E-state index in [2.05, 4.69) is 15.5 Å². The molecule has 3 aromatic rings. The summed E-state index contributed by atoms with van der Waals surface area (Å²) in [4.78, 5) is 0. The zero-order chi connectivity index (χ0) is 16.2. The lowest BCUT2D eigenvalue weighted by Crippen LogP contribution is -1.99. The molecule has 0 bridgehead atoms. The van der Waals surface area contributed by atoms with Crippen LogP contribution in [0.25, 0.3) is 11.5 Å². The number of nitrogens with one attached hydrogen (secondary N) is 1. The van der Waals surface area contributed by atoms with Crippen LogP contribution in [-0.2, 0) is 6.54 Å². The number of aromatic hydroxyl groups is 1. The van der Waals surface area contributed by atoms with Gasteiger partial charge >= 0.3 is 0 Å². The summed E-state index contributed by atoms with van der Waals surface area (Å²) in [6, 6.07) is 12.9. The van der Waals surface area contributed by atoms with Crippen molar-refractivity contribution in [3.8, 4) is 23.0 Å². The van der Waals surface area contributed by atoms with Crippen molar-refractivity contribution in [2.24, 2.45) is 0 Å². The molecule has 23 heavy (non-hydrogen) atoms. The van der Waals surface area contributed by atoms with Crippen molar-refractivity contribution in [1.29, 1.82) is 0 Å². The smallest absolute Gasteiger partial charge is 0.247 e. The van der Waals surface area contributed by atoms with Crippen LogP contribution in [0.4, 0.5) is 5.69 Å². The molecule has 118 valence electrons. The van der Waals surface area contributed by atoms with Gasteiger partial charge in [0.25, 0.3) is 0 Å². The summed E-state index contributed by atoms with van der Waals surface area (Å²) in [6.07, 6.45) is 0. The van der Waals surface area contributed by atoms with Gasteiger partial charge in [-0.05, 0) is 37.3 Å². The number of aromatic nitrogens is 2. The summed E-state index contributed by atoms with van der Waals surface area (Å²) >= 11 is 0. The van der Waals surface area contributed by atoms with E-state index in [1.807, 2.05) is 31.2 Å². The molecular formula is C17H17N3O3. The van der Waals surface area contributed by atoms with Crippen LogP contribution in [0.15, 0.2) is 46.9 Å². The highest BCUT2D eigenvalue weighted by Gasteiger charge is 2.11. The van der Waals surface area contributed by atoms with E-state index < -0.39 is 0 Å². The Morgan fingerprint density at radius 1 is 1.13 bits per heavy atom. The molecule has 0 saturated heterocycles. The average molecular weight is 311 g/mol. The van der Waals surface area contributed by atoms with Crippen molar-refractivity contribution < 1.29 is 14.3 Å². The minimum absolute atomic E-state index is 0.0667. The van der Waals surface area contributed by atoms with E-state index >= 15 is 0 Å². The minimum Gasteiger partial charge on any atom is -0.504 e. The summed E-state index contributed by atoms with van der Waals surface area (Å²) < 4.78 is 10.7. The average Bonchev–Trinajstić information content (AvgIpc) is 3.04. The quantitative estimate of drug-likeness (QED) is 0.752. The fourth-order valence-electron chi connectivity index (χ4n) is 2.10. The Labute approximate surface area is 133 Å². The number of phenolic OH excluding ortho intramolecular Hbond substituents is 1. The van der Waals surface area contributed by atoms with Gasteiger partial charge < -0.3 is 19.6 Å². The zero-order valence-corrected chi connectivity index (χ0v) is 12.9. The maximum Gasteiger partial charge on any atom is 0.247 e. The highest BCUT2D eigenvalue weighted by Crippen LogP contribution is 2.30. The number of hydrogen-bond donors (Lipinski definition) is 2. The van der Waals surface area contributed by atoms with Gasteiger partial charge in [-0.2, -0.15) is 0 Å². The van der Waals surface area contributed by atoms with Gasteiger partial charge in [-0.15, -0.1) is 10.2 Å². The van der Waals surface area contributed by atoms with Crippen LogP contribution in [0, 0.1) is 6.92 Å². The minimum atomic E-state index is 0.0667. The third kappa shape index (κ3) is 3.42. The molecule has 0 aliphatic heterocycles. The largest absolute Gasteiger partial charge is 0.504 e. The molecule has 0 radical (unpaired) electrons. The van der Waals surface area contributed by atoms with Crippen molar-refractivity contribution in [3.05, 3.63) is 53.9 Å². The Kier molecular flexibility index (Phi) is 4.14. The summed E-state index contributed by atoms with van der Waals surface area (Å²) in [5.74, 6) is 1.29. The van der Waals surface area contributed by atoms with Crippen LogP contribution < -0.4 is 10.1 Å². The molecular weight excluding hydrogens is 294 g/mol. The third-order valence-electron chi connectivity index (χ3n) is 3.39. The number of benzene rings is 2. The third-order valence-corrected chi connectivity index (χ3v) is 3.39. The number of hydrogen-bond acceptors (Lipinski definition) is 6. The monoisotopic (exact) mass is 311 g/mol. The van der Waals surface area contributed by atoms with Gasteiger partial charge in [-0.3, -0.25) is 0 Å². The topological polar surface area (TPSA) is 80.4 Å². The normalized spacial score (nSPS) is 10.5. The van der Waals surface area contributed by atoms with Gasteiger partial charge in [-0.1, -0.05) is 17.7 Å². The van der Waals surface area contributed by atoms with Crippen molar-refractivity contribution in [1.82, 2.24) is 10.2 Å². The predicted molar refractivity (Wildman–Crippen MR) is 86.5 cm³/mol. The van der Waals surface area contributed by atoms with Gasteiger partial charge in [0, 0.05) is 11.3 Å². The molecule has 1 aromatic heterocycles. The van der Waals surface area contributed by atoms with E-state index in [4.69, 9.17) is 9.15 Å². The number of rotatable bonds is 5. The Bertz CT molecular complexity index is 797. The molecule has 0 spiro atoms. The number of nitrogens with zero attached hydrogens (tertiary/aromatic N) is 2. The molecule has 0 fully saturated rings. The molecule has 0 saturated carbocycles. The number of methoxy groups -OCH3 is 1. The van der Waals surface area contributed by atoms with Gasteiger partial charge in [0.05, 0.1) is 13.7 Å². The van der Waals surface area contributed by atoms with E-state index in [1.165, 1.54) is 18.7 Å². The Hall–Kier alpha value is -3.02. The lowest BCUT2D eigenvalue weighted by Gasteiger charge is -2.04. The Balaban J connectivity index is 1.71. The van der Waals surface area contributed by atoms with Crippen LogP contribution >= 0.6 is 0 Å². The van der Waals surface area contributed by atoms with Crippen molar-refractivity contribution in [2.45, 2.75) is 13.5 Å². The first kappa shape index (κ1) is 14.9. The first-order valence-electron chi connectivity index (χ1n) is 7.16. The molecule has 1 heterocycles. The number of aryl methyl sites for hydroxylation is 1. The van der Waals surface area contributed by atoms with Gasteiger partial charge in [-0.25, -0.2) is 0 Å². The van der Waals surface area contributed by atoms with E-state index in [1.54, 1.807) is 12.1 Å². The molecule has 6 heteroatoms. The van der Waals surface area contributed by atoms with E-state index in [-0.39, 0.29) is 5.75 Å². The van der Waals surface area contributed by atoms with E-state index in [0.29, 0.717) is 29.6 Å². The highest BCUT2D eigenvalue weighted by molar-refractivity contribution is 5.59. The molecule has 2 aromatic carbocycles. The van der Waals surface area contributed by atoms with Crippen LogP contribution in [0.2, 0.25) is 0 Å². The lowest BCUT2D eigenvalue weighted by atomic mass is 10.2. The standard InChI is InChI=1S/C17H17N3O3/c1-11-3-6-13(7-4-11)18-10-16-19-20-17(23-16)12-5-8-14(21)15(9-12)22-2/h3-9,18,21H,10H2,1-2H3. The fourth-order valence-corrected chi connectivity index (χ4v) is 2.10. The molecule has 0 atom stereocenters. The SMILES string of the molecule is COc1cc(-c2nnc(CNc3ccc(C)cc3)o2)ccc1O. The second-order valence-electron chi connectivity index (χ2n) is 5.11. The fraction of sp³-hybridized carbons (Fsp3) is 0.176. The number of phenols is 1. The molecule has 0 aliphatic rings. The molecule has 0 unspecified atom stereocenters. The maximum atomic E-state index is 9.62. The summed E-state index contributed by atoms with van der Waals surface area (Å²) in [7, 11) is 1.49. The van der Waals surface area contributed by atoms with Gasteiger partial charge in [0.15, 0.2) is 11.5 Å². The first-order chi connectivity index (χ1) is 11.2. The van der Waals surface area contributed by atoms with Gasteiger partial charge in [0.2, 0.25) is 11.8 Å². The van der Waals surface area contributed by atoms with Crippen LogP contribution in [0.5, 0.6) is 11.5 Å². The molecule has 3 rings (SSSR count). The van der Waals surface area contributed by atoms with E-state index in [0.717, 1.165) is 5.69 Å². The molecule has 0 aliphatic carbocycles. The van der Waals surface area contributed by atoms with Gasteiger partial charge in [0.1, 0.15) is 0 Å². The second-order valence-corrected chi connectivity index (χ2v) is 5.11. The summed E-state index contributed by atoms with van der Waals surface area (Å²) in [5, 5.41) is 20.9. The lowest BCUT2D eigenvalue weighted by molar-refractivity contribution is 0.373. The van der Waals surface area contributed by atoms with Crippen LogP contribution in [0.3, 0.4) is 0 Å². The van der Waals surface area contributed by atoms with E-state index in [9.17, 15) is 5.11 Å². The van der Waals surface area contributed by atoms with Crippen LogP contribution in [0.1, 0.15) is 11.5 Å². The number of ether oxygens (including phenoxy) is 1. The van der Waals surface area contributed by atoms with Crippen LogP contribution in [-0.4, -0.2) is 22.4 Å². The van der Waals surface area contributed by atoms with Crippen molar-refractivity contribution in [2.75, 3.05) is 12.4 Å². The zero-order valence-electron chi connectivity index (χ0n) is 12.9. The molecule has 2 N–H and O–H groups in total. The van der Waals surface area contributed by atoms with Crippen molar-refractivity contribution in [3.63, 3.8) is 0 Å². The van der Waals surface area contributed by atoms with Crippen molar-refractivity contribution >= 4 is 5.69 Å².